The van der Waals surface area contributed by atoms with Gasteiger partial charge in [-0.1, -0.05) is 74.4 Å². The Balaban J connectivity index is 2.04. The van der Waals surface area contributed by atoms with Gasteiger partial charge in [-0.15, -0.1) is 0 Å². The molecule has 0 spiro atoms. The van der Waals surface area contributed by atoms with Gasteiger partial charge in [-0.25, -0.2) is 8.42 Å². The smallest absolute Gasteiger partial charge is 0.264 e. The molecular formula is C31H39N3O5S. The molecule has 2 amide bonds. The third-order valence-corrected chi connectivity index (χ3v) is 8.39. The van der Waals surface area contributed by atoms with Crippen LogP contribution in [0.1, 0.15) is 44.2 Å². The molecule has 3 aromatic rings. The Bertz CT molecular complexity index is 1380. The van der Waals surface area contributed by atoms with E-state index in [2.05, 4.69) is 5.32 Å². The fraction of sp³-hybridized carbons (Fsp3) is 0.355. The Hall–Kier alpha value is -3.85. The maximum Gasteiger partial charge on any atom is 0.264 e. The number of benzene rings is 3. The number of ether oxygens (including phenoxy) is 1. The summed E-state index contributed by atoms with van der Waals surface area (Å²) in [4.78, 5) is 28.9. The molecule has 0 radical (unpaired) electrons. The van der Waals surface area contributed by atoms with Gasteiger partial charge in [-0.05, 0) is 49.6 Å². The van der Waals surface area contributed by atoms with Gasteiger partial charge >= 0.3 is 0 Å². The van der Waals surface area contributed by atoms with E-state index in [9.17, 15) is 18.0 Å². The molecule has 0 aliphatic heterocycles. The van der Waals surface area contributed by atoms with Gasteiger partial charge in [-0.2, -0.15) is 0 Å². The average Bonchev–Trinajstić information content (AvgIpc) is 2.96. The number of rotatable bonds is 14. The van der Waals surface area contributed by atoms with Gasteiger partial charge in [0.2, 0.25) is 11.8 Å². The molecule has 214 valence electrons. The highest BCUT2D eigenvalue weighted by Crippen LogP contribution is 2.27. The van der Waals surface area contributed by atoms with Crippen molar-refractivity contribution in [3.63, 3.8) is 0 Å². The Morgan fingerprint density at radius 3 is 2.33 bits per heavy atom. The third kappa shape index (κ3) is 7.85. The maximum atomic E-state index is 14.1. The first-order chi connectivity index (χ1) is 19.2. The van der Waals surface area contributed by atoms with Crippen molar-refractivity contribution in [1.82, 2.24) is 10.2 Å². The van der Waals surface area contributed by atoms with Gasteiger partial charge in [0.15, 0.2) is 0 Å². The number of anilines is 1. The van der Waals surface area contributed by atoms with Crippen molar-refractivity contribution in [3.8, 4) is 5.75 Å². The Morgan fingerprint density at radius 1 is 0.950 bits per heavy atom. The first kappa shape index (κ1) is 30.7. The lowest BCUT2D eigenvalue weighted by Crippen LogP contribution is -2.52. The monoisotopic (exact) mass is 565 g/mol. The standard InChI is InChI=1S/C31H39N3O5S/c1-5-7-19-32-31(36)29(6-2)33(22-25-14-11-13-24(3)20-25)30(35)23-34(26-15-12-16-27(21-26)39-4)40(37,38)28-17-9-8-10-18-28/h8-18,20-21,29H,5-7,19,22-23H2,1-4H3,(H,32,36). The lowest BCUT2D eigenvalue weighted by molar-refractivity contribution is -0.140. The summed E-state index contributed by atoms with van der Waals surface area (Å²) in [5, 5.41) is 2.94. The van der Waals surface area contributed by atoms with Crippen LogP contribution < -0.4 is 14.4 Å². The lowest BCUT2D eigenvalue weighted by atomic mass is 10.1. The minimum atomic E-state index is -4.13. The van der Waals surface area contributed by atoms with E-state index in [1.165, 1.54) is 24.1 Å². The zero-order chi connectivity index (χ0) is 29.1. The first-order valence-electron chi connectivity index (χ1n) is 13.6. The molecule has 1 N–H and O–H groups in total. The molecule has 8 nitrogen and oxygen atoms in total. The topological polar surface area (TPSA) is 96.0 Å². The second kappa shape index (κ2) is 14.5. The SMILES string of the molecule is CCCCNC(=O)C(CC)N(Cc1cccc(C)c1)C(=O)CN(c1cccc(OC)c1)S(=O)(=O)c1ccccc1. The number of carbonyl (C=O) groups excluding carboxylic acids is 2. The van der Waals surface area contributed by atoms with Crippen molar-refractivity contribution in [2.24, 2.45) is 0 Å². The molecule has 0 bridgehead atoms. The largest absolute Gasteiger partial charge is 0.497 e. The number of nitrogens with one attached hydrogen (secondary N) is 1. The molecule has 0 saturated heterocycles. The minimum absolute atomic E-state index is 0.0557. The van der Waals surface area contributed by atoms with E-state index >= 15 is 0 Å². The number of hydrogen-bond donors (Lipinski definition) is 1. The summed E-state index contributed by atoms with van der Waals surface area (Å²) in [5.41, 5.74) is 2.16. The van der Waals surface area contributed by atoms with Crippen molar-refractivity contribution < 1.29 is 22.7 Å². The summed E-state index contributed by atoms with van der Waals surface area (Å²) in [6, 6.07) is 21.5. The molecule has 0 heterocycles. The van der Waals surface area contributed by atoms with E-state index < -0.39 is 28.5 Å². The lowest BCUT2D eigenvalue weighted by Gasteiger charge is -2.33. The van der Waals surface area contributed by atoms with Gasteiger partial charge in [0.25, 0.3) is 10.0 Å². The molecule has 3 rings (SSSR count). The predicted molar refractivity (Wildman–Crippen MR) is 158 cm³/mol. The van der Waals surface area contributed by atoms with Crippen molar-refractivity contribution >= 4 is 27.5 Å². The van der Waals surface area contributed by atoms with Gasteiger partial charge in [0, 0.05) is 19.2 Å². The molecule has 0 aromatic heterocycles. The number of methoxy groups -OCH3 is 1. The molecule has 0 aliphatic rings. The van der Waals surface area contributed by atoms with Gasteiger partial charge < -0.3 is 15.0 Å². The Labute approximate surface area is 238 Å². The summed E-state index contributed by atoms with van der Waals surface area (Å²) >= 11 is 0. The van der Waals surface area contributed by atoms with E-state index in [1.807, 2.05) is 45.0 Å². The van der Waals surface area contributed by atoms with Crippen LogP contribution >= 0.6 is 0 Å². The molecule has 0 saturated carbocycles. The zero-order valence-corrected chi connectivity index (χ0v) is 24.5. The van der Waals surface area contributed by atoms with Crippen molar-refractivity contribution in [1.29, 1.82) is 0 Å². The molecule has 3 aromatic carbocycles. The van der Waals surface area contributed by atoms with E-state index in [4.69, 9.17) is 4.74 Å². The number of carbonyl (C=O) groups is 2. The molecule has 1 atom stereocenters. The van der Waals surface area contributed by atoms with Crippen LogP contribution in [-0.2, 0) is 26.2 Å². The Morgan fingerprint density at radius 2 is 1.68 bits per heavy atom. The number of sulfonamides is 1. The number of aryl methyl sites for hydroxylation is 1. The fourth-order valence-electron chi connectivity index (χ4n) is 4.45. The highest BCUT2D eigenvalue weighted by atomic mass is 32.2. The van der Waals surface area contributed by atoms with E-state index in [0.29, 0.717) is 18.7 Å². The van der Waals surface area contributed by atoms with Crippen LogP contribution in [0.25, 0.3) is 0 Å². The van der Waals surface area contributed by atoms with Crippen LogP contribution in [0.2, 0.25) is 0 Å². The quantitative estimate of drug-likeness (QED) is 0.280. The van der Waals surface area contributed by atoms with Crippen LogP contribution in [-0.4, -0.2) is 51.4 Å². The van der Waals surface area contributed by atoms with Crippen LogP contribution in [0.3, 0.4) is 0 Å². The van der Waals surface area contributed by atoms with Crippen molar-refractivity contribution in [2.75, 3.05) is 24.5 Å². The molecule has 9 heteroatoms. The number of amides is 2. The molecule has 0 aliphatic carbocycles. The Kier molecular flexibility index (Phi) is 11.1. The number of hydrogen-bond acceptors (Lipinski definition) is 5. The predicted octanol–water partition coefficient (Wildman–Crippen LogP) is 4.92. The molecule has 40 heavy (non-hydrogen) atoms. The zero-order valence-electron chi connectivity index (χ0n) is 23.7. The summed E-state index contributed by atoms with van der Waals surface area (Å²) in [6.07, 6.45) is 2.13. The second-order valence-corrected chi connectivity index (χ2v) is 11.5. The van der Waals surface area contributed by atoms with E-state index in [1.54, 1.807) is 42.5 Å². The van der Waals surface area contributed by atoms with Gasteiger partial charge in [0.1, 0.15) is 18.3 Å². The van der Waals surface area contributed by atoms with Gasteiger partial charge in [-0.3, -0.25) is 13.9 Å². The van der Waals surface area contributed by atoms with Crippen molar-refractivity contribution in [2.45, 2.75) is 57.5 Å². The highest BCUT2D eigenvalue weighted by molar-refractivity contribution is 7.92. The van der Waals surface area contributed by atoms with Gasteiger partial charge in [0.05, 0.1) is 17.7 Å². The molecule has 0 fully saturated rings. The first-order valence-corrected chi connectivity index (χ1v) is 15.0. The normalized spacial score (nSPS) is 11.9. The van der Waals surface area contributed by atoms with E-state index in [0.717, 1.165) is 28.3 Å². The third-order valence-electron chi connectivity index (χ3n) is 6.60. The molecule has 1 unspecified atom stereocenters. The molecular weight excluding hydrogens is 526 g/mol. The fourth-order valence-corrected chi connectivity index (χ4v) is 5.87. The minimum Gasteiger partial charge on any atom is -0.497 e. The van der Waals surface area contributed by atoms with Crippen molar-refractivity contribution in [3.05, 3.63) is 90.0 Å². The number of nitrogens with zero attached hydrogens (tertiary/aromatic N) is 2. The maximum absolute atomic E-state index is 14.1. The van der Waals surface area contributed by atoms with E-state index in [-0.39, 0.29) is 23.0 Å². The summed E-state index contributed by atoms with van der Waals surface area (Å²) < 4.78 is 34.2. The number of unbranched alkanes of at least 4 members (excludes halogenated alkanes) is 1. The second-order valence-electron chi connectivity index (χ2n) is 9.61. The van der Waals surface area contributed by atoms with Crippen LogP contribution in [0.5, 0.6) is 5.75 Å². The van der Waals surface area contributed by atoms with Crippen LogP contribution in [0.15, 0.2) is 83.8 Å². The highest BCUT2D eigenvalue weighted by Gasteiger charge is 2.33. The summed E-state index contributed by atoms with van der Waals surface area (Å²) in [5.74, 6) is -0.284. The van der Waals surface area contributed by atoms with Crippen LogP contribution in [0.4, 0.5) is 5.69 Å². The van der Waals surface area contributed by atoms with Crippen LogP contribution in [0, 0.1) is 6.92 Å². The summed E-state index contributed by atoms with van der Waals surface area (Å²) in [7, 11) is -2.63. The summed E-state index contributed by atoms with van der Waals surface area (Å²) in [6.45, 7) is 6.03. The average molecular weight is 566 g/mol.